The molecule has 3 N–H and O–H groups in total. The molecule has 162 valence electrons. The predicted molar refractivity (Wildman–Crippen MR) is 126 cm³/mol. The smallest absolute Gasteiger partial charge is 0.255 e. The van der Waals surface area contributed by atoms with Crippen molar-refractivity contribution < 1.29 is 4.74 Å². The van der Waals surface area contributed by atoms with E-state index in [0.29, 0.717) is 22.1 Å². The van der Waals surface area contributed by atoms with Gasteiger partial charge in [0.2, 0.25) is 0 Å². The maximum atomic E-state index is 12.1. The van der Waals surface area contributed by atoms with Gasteiger partial charge >= 0.3 is 0 Å². The van der Waals surface area contributed by atoms with E-state index in [-0.39, 0.29) is 22.6 Å². The Balaban J connectivity index is 1.38. The number of halogens is 1. The van der Waals surface area contributed by atoms with E-state index in [1.54, 1.807) is 12.3 Å². The summed E-state index contributed by atoms with van der Waals surface area (Å²) >= 11 is 6.51. The van der Waals surface area contributed by atoms with Crippen molar-refractivity contribution in [2.45, 2.75) is 57.1 Å². The van der Waals surface area contributed by atoms with Gasteiger partial charge in [0.25, 0.3) is 5.56 Å². The van der Waals surface area contributed by atoms with Gasteiger partial charge in [-0.15, -0.1) is 0 Å². The molecule has 2 aromatic carbocycles. The Labute approximate surface area is 187 Å². The molecular formula is C26H29ClN2O2. The monoisotopic (exact) mass is 436 g/mol. The van der Waals surface area contributed by atoms with Gasteiger partial charge in [0.05, 0.1) is 5.02 Å². The lowest BCUT2D eigenvalue weighted by atomic mass is 9.61. The molecule has 1 atom stereocenters. The maximum absolute atomic E-state index is 12.1. The summed E-state index contributed by atoms with van der Waals surface area (Å²) in [7, 11) is 0. The summed E-state index contributed by atoms with van der Waals surface area (Å²) in [4.78, 5) is 14.7. The summed E-state index contributed by atoms with van der Waals surface area (Å²) in [5.41, 5.74) is 7.84. The molecule has 4 nitrogen and oxygen atoms in total. The topological polar surface area (TPSA) is 68.1 Å². The largest absolute Gasteiger partial charge is 0.486 e. The van der Waals surface area contributed by atoms with Gasteiger partial charge in [-0.3, -0.25) is 4.79 Å². The summed E-state index contributed by atoms with van der Waals surface area (Å²) in [6.07, 6.45) is 8.19. The van der Waals surface area contributed by atoms with Crippen molar-refractivity contribution in [3.05, 3.63) is 75.7 Å². The van der Waals surface area contributed by atoms with Crippen molar-refractivity contribution in [2.75, 3.05) is 0 Å². The fraction of sp³-hybridized carbons (Fsp3) is 0.423. The van der Waals surface area contributed by atoms with Crippen LogP contribution in [0.4, 0.5) is 0 Å². The standard InChI is InChI=1S/C26H29ClN2O2/c1-25(31-22-15-18-9-14-29-24(30)20(18)16-21(22)27)10-12-26(13-11-25,19-7-8-19)23(28)17-5-3-2-4-6-17/h2-6,9,14-16,19,23H,7-8,10-13,28H2,1H3,(H,29,30)/t23-,25-,26-/m0/s1. The quantitative estimate of drug-likeness (QED) is 0.516. The van der Waals surface area contributed by atoms with Crippen LogP contribution < -0.4 is 16.0 Å². The second-order valence-corrected chi connectivity index (χ2v) is 10.0. The highest BCUT2D eigenvalue weighted by molar-refractivity contribution is 6.32. The first-order chi connectivity index (χ1) is 14.9. The number of fused-ring (bicyclic) bond motifs is 1. The molecule has 0 spiro atoms. The van der Waals surface area contributed by atoms with Gasteiger partial charge < -0.3 is 15.5 Å². The van der Waals surface area contributed by atoms with Gasteiger partial charge in [-0.1, -0.05) is 41.9 Å². The van der Waals surface area contributed by atoms with Crippen molar-refractivity contribution >= 4 is 22.4 Å². The molecule has 0 radical (unpaired) electrons. The molecule has 31 heavy (non-hydrogen) atoms. The molecule has 0 unspecified atom stereocenters. The number of H-pyrrole nitrogens is 1. The summed E-state index contributed by atoms with van der Waals surface area (Å²) in [6, 6.07) is 16.1. The average Bonchev–Trinajstić information content (AvgIpc) is 3.62. The summed E-state index contributed by atoms with van der Waals surface area (Å²) in [5.74, 6) is 1.36. The zero-order valence-corrected chi connectivity index (χ0v) is 18.6. The third kappa shape index (κ3) is 3.77. The van der Waals surface area contributed by atoms with Crippen LogP contribution in [0.2, 0.25) is 5.02 Å². The van der Waals surface area contributed by atoms with E-state index < -0.39 is 0 Å². The van der Waals surface area contributed by atoms with Crippen LogP contribution in [-0.4, -0.2) is 10.6 Å². The molecule has 0 saturated heterocycles. The zero-order chi connectivity index (χ0) is 21.6. The molecule has 0 amide bonds. The van der Waals surface area contributed by atoms with E-state index in [0.717, 1.165) is 31.1 Å². The molecule has 5 rings (SSSR count). The lowest BCUT2D eigenvalue weighted by Crippen LogP contribution is -2.46. The fourth-order valence-electron chi connectivity index (χ4n) is 5.50. The maximum Gasteiger partial charge on any atom is 0.255 e. The van der Waals surface area contributed by atoms with Crippen LogP contribution in [0.15, 0.2) is 59.5 Å². The van der Waals surface area contributed by atoms with Crippen molar-refractivity contribution in [2.24, 2.45) is 17.1 Å². The molecule has 2 aliphatic rings. The Morgan fingerprint density at radius 3 is 2.48 bits per heavy atom. The van der Waals surface area contributed by atoms with Gasteiger partial charge in [0.15, 0.2) is 0 Å². The van der Waals surface area contributed by atoms with E-state index in [4.69, 9.17) is 22.1 Å². The Bertz CT molecular complexity index is 1150. The van der Waals surface area contributed by atoms with Crippen molar-refractivity contribution in [3.8, 4) is 5.75 Å². The van der Waals surface area contributed by atoms with Crippen LogP contribution in [0, 0.1) is 11.3 Å². The molecule has 0 bridgehead atoms. The van der Waals surface area contributed by atoms with Gasteiger partial charge in [-0.2, -0.15) is 0 Å². The van der Waals surface area contributed by atoms with Crippen LogP contribution in [0.1, 0.15) is 57.1 Å². The summed E-state index contributed by atoms with van der Waals surface area (Å²) < 4.78 is 6.52. The van der Waals surface area contributed by atoms with E-state index >= 15 is 0 Å². The number of rotatable bonds is 5. The minimum absolute atomic E-state index is 0.0572. The number of benzene rings is 2. The Kier molecular flexibility index (Phi) is 5.10. The number of hydrogen-bond acceptors (Lipinski definition) is 3. The highest BCUT2D eigenvalue weighted by atomic mass is 35.5. The molecule has 5 heteroatoms. The third-order valence-corrected chi connectivity index (χ3v) is 7.88. The van der Waals surface area contributed by atoms with E-state index in [9.17, 15) is 4.79 Å². The molecule has 3 aromatic rings. The number of aromatic amines is 1. The minimum Gasteiger partial charge on any atom is -0.486 e. The van der Waals surface area contributed by atoms with Crippen LogP contribution in [0.3, 0.4) is 0 Å². The number of nitrogens with one attached hydrogen (secondary N) is 1. The number of aromatic nitrogens is 1. The van der Waals surface area contributed by atoms with Crippen molar-refractivity contribution in [1.82, 2.24) is 4.98 Å². The van der Waals surface area contributed by atoms with E-state index in [2.05, 4.69) is 36.2 Å². The number of hydrogen-bond donors (Lipinski definition) is 2. The van der Waals surface area contributed by atoms with Gasteiger partial charge in [0, 0.05) is 17.6 Å². The second-order valence-electron chi connectivity index (χ2n) is 9.62. The van der Waals surface area contributed by atoms with Crippen LogP contribution in [0.25, 0.3) is 10.8 Å². The SMILES string of the molecule is C[C@]1(Oc2cc3cc[nH]c(=O)c3cc2Cl)CC[C@](C2CC2)([C@@H](N)c2ccccc2)CC1. The summed E-state index contributed by atoms with van der Waals surface area (Å²) in [5, 5.41) is 1.89. The second kappa shape index (κ2) is 7.68. The van der Waals surface area contributed by atoms with Crippen molar-refractivity contribution in [1.29, 1.82) is 0 Å². The lowest BCUT2D eigenvalue weighted by Gasteiger charge is -2.48. The molecular weight excluding hydrogens is 408 g/mol. The van der Waals surface area contributed by atoms with Crippen LogP contribution >= 0.6 is 11.6 Å². The van der Waals surface area contributed by atoms with Gasteiger partial charge in [-0.25, -0.2) is 0 Å². The zero-order valence-electron chi connectivity index (χ0n) is 17.9. The molecule has 1 heterocycles. The Hall–Kier alpha value is -2.30. The number of ether oxygens (including phenoxy) is 1. The van der Waals surface area contributed by atoms with Crippen molar-refractivity contribution in [3.63, 3.8) is 0 Å². The van der Waals surface area contributed by atoms with Gasteiger partial charge in [0.1, 0.15) is 11.4 Å². The highest BCUT2D eigenvalue weighted by Crippen LogP contribution is 2.60. The normalized spacial score (nSPS) is 27.2. The fourth-order valence-corrected chi connectivity index (χ4v) is 5.70. The van der Waals surface area contributed by atoms with E-state index in [1.165, 1.54) is 18.4 Å². The first kappa shape index (κ1) is 20.6. The highest BCUT2D eigenvalue weighted by Gasteiger charge is 2.53. The van der Waals surface area contributed by atoms with Crippen LogP contribution in [-0.2, 0) is 0 Å². The summed E-state index contributed by atoms with van der Waals surface area (Å²) in [6.45, 7) is 2.18. The minimum atomic E-state index is -0.298. The Morgan fingerprint density at radius 2 is 1.81 bits per heavy atom. The van der Waals surface area contributed by atoms with Crippen LogP contribution in [0.5, 0.6) is 5.75 Å². The third-order valence-electron chi connectivity index (χ3n) is 7.59. The first-order valence-corrected chi connectivity index (χ1v) is 11.6. The molecule has 0 aliphatic heterocycles. The van der Waals surface area contributed by atoms with E-state index in [1.807, 2.05) is 18.2 Å². The molecule has 2 saturated carbocycles. The number of nitrogens with two attached hydrogens (primary N) is 1. The number of pyridine rings is 1. The van der Waals surface area contributed by atoms with Gasteiger partial charge in [-0.05, 0) is 85.9 Å². The average molecular weight is 437 g/mol. The lowest BCUT2D eigenvalue weighted by molar-refractivity contribution is -0.0182. The Morgan fingerprint density at radius 1 is 1.10 bits per heavy atom. The molecule has 1 aromatic heterocycles. The predicted octanol–water partition coefficient (Wildman–Crippen LogP) is 5.99. The first-order valence-electron chi connectivity index (χ1n) is 11.2. The molecule has 2 aliphatic carbocycles. The molecule has 2 fully saturated rings.